The minimum absolute atomic E-state index is 0.0517. The Balaban J connectivity index is 2.23. The van der Waals surface area contributed by atoms with Crippen molar-refractivity contribution in [3.05, 3.63) is 29.3 Å². The number of carbonyl (C=O) groups is 2. The number of hydrogen-bond acceptors (Lipinski definition) is 4. The highest BCUT2D eigenvalue weighted by Gasteiger charge is 2.38. The summed E-state index contributed by atoms with van der Waals surface area (Å²) in [5.74, 6) is -1.51. The summed E-state index contributed by atoms with van der Waals surface area (Å²) in [6.07, 6.45) is 0.424. The average Bonchev–Trinajstić information content (AvgIpc) is 2.79. The molecule has 0 saturated carbocycles. The molecule has 0 aliphatic carbocycles. The van der Waals surface area contributed by atoms with Crippen LogP contribution in [0, 0.1) is 6.92 Å². The number of aryl methyl sites for hydroxylation is 1. The highest BCUT2D eigenvalue weighted by Crippen LogP contribution is 2.21. The molecule has 1 aliphatic rings. The first kappa shape index (κ1) is 13.5. The van der Waals surface area contributed by atoms with E-state index < -0.39 is 17.4 Å². The highest BCUT2D eigenvalue weighted by atomic mass is 16.5. The van der Waals surface area contributed by atoms with Gasteiger partial charge in [0, 0.05) is 6.61 Å². The number of carbonyl (C=O) groups excluding carboxylic acids is 1. The fourth-order valence-electron chi connectivity index (χ4n) is 1.95. The van der Waals surface area contributed by atoms with E-state index in [9.17, 15) is 9.59 Å². The number of aromatic carboxylic acids is 1. The molecule has 6 nitrogen and oxygen atoms in total. The van der Waals surface area contributed by atoms with Gasteiger partial charge < -0.3 is 20.9 Å². The summed E-state index contributed by atoms with van der Waals surface area (Å²) < 4.78 is 5.11. The molecule has 1 heterocycles. The molecule has 1 amide bonds. The summed E-state index contributed by atoms with van der Waals surface area (Å²) >= 11 is 0. The van der Waals surface area contributed by atoms with Gasteiger partial charge in [-0.15, -0.1) is 0 Å². The van der Waals surface area contributed by atoms with Crippen LogP contribution >= 0.6 is 0 Å². The van der Waals surface area contributed by atoms with Crippen LogP contribution in [0.4, 0.5) is 5.69 Å². The zero-order valence-corrected chi connectivity index (χ0v) is 10.6. The Labute approximate surface area is 110 Å². The van der Waals surface area contributed by atoms with Gasteiger partial charge >= 0.3 is 5.97 Å². The SMILES string of the molecule is Cc1ccc(NC(=O)C2(N)CCOC2)c(C(=O)O)c1. The molecule has 1 fully saturated rings. The topological polar surface area (TPSA) is 102 Å². The molecular weight excluding hydrogens is 248 g/mol. The Morgan fingerprint density at radius 1 is 1.47 bits per heavy atom. The Morgan fingerprint density at radius 2 is 2.21 bits per heavy atom. The van der Waals surface area contributed by atoms with E-state index in [4.69, 9.17) is 15.6 Å². The second-order valence-electron chi connectivity index (χ2n) is 4.77. The Hall–Kier alpha value is -1.92. The number of carboxylic acids is 1. The van der Waals surface area contributed by atoms with Crippen molar-refractivity contribution >= 4 is 17.6 Å². The van der Waals surface area contributed by atoms with Gasteiger partial charge in [-0.3, -0.25) is 4.79 Å². The molecule has 0 bridgehead atoms. The Morgan fingerprint density at radius 3 is 2.79 bits per heavy atom. The van der Waals surface area contributed by atoms with E-state index in [0.29, 0.717) is 13.0 Å². The van der Waals surface area contributed by atoms with Crippen LogP contribution in [-0.4, -0.2) is 35.7 Å². The molecule has 1 aromatic carbocycles. The van der Waals surface area contributed by atoms with Crippen LogP contribution < -0.4 is 11.1 Å². The third kappa shape index (κ3) is 2.74. The second-order valence-corrected chi connectivity index (χ2v) is 4.77. The molecule has 0 spiro atoms. The van der Waals surface area contributed by atoms with Crippen molar-refractivity contribution < 1.29 is 19.4 Å². The lowest BCUT2D eigenvalue weighted by Gasteiger charge is -2.21. The van der Waals surface area contributed by atoms with Crippen molar-refractivity contribution in [3.63, 3.8) is 0 Å². The van der Waals surface area contributed by atoms with Crippen molar-refractivity contribution in [1.29, 1.82) is 0 Å². The second kappa shape index (κ2) is 4.99. The molecule has 0 aromatic heterocycles. The lowest BCUT2D eigenvalue weighted by atomic mass is 9.98. The van der Waals surface area contributed by atoms with Crippen molar-refractivity contribution in [2.75, 3.05) is 18.5 Å². The number of rotatable bonds is 3. The van der Waals surface area contributed by atoms with Crippen molar-refractivity contribution in [2.24, 2.45) is 5.73 Å². The largest absolute Gasteiger partial charge is 0.478 e. The summed E-state index contributed by atoms with van der Waals surface area (Å²) in [5.41, 5.74) is 5.95. The third-order valence-corrected chi connectivity index (χ3v) is 3.16. The summed E-state index contributed by atoms with van der Waals surface area (Å²) in [5, 5.41) is 11.7. The lowest BCUT2D eigenvalue weighted by Crippen LogP contribution is -2.51. The highest BCUT2D eigenvalue weighted by molar-refractivity contribution is 6.04. The molecule has 1 atom stereocenters. The Bertz CT molecular complexity index is 521. The van der Waals surface area contributed by atoms with Gasteiger partial charge in [-0.25, -0.2) is 4.79 Å². The Kier molecular flexibility index (Phi) is 3.55. The molecule has 102 valence electrons. The summed E-state index contributed by atoms with van der Waals surface area (Å²) in [4.78, 5) is 23.2. The number of amides is 1. The maximum atomic E-state index is 12.1. The normalized spacial score (nSPS) is 22.2. The molecule has 2 rings (SSSR count). The first-order valence-corrected chi connectivity index (χ1v) is 5.94. The van der Waals surface area contributed by atoms with E-state index in [2.05, 4.69) is 5.32 Å². The number of benzene rings is 1. The number of ether oxygens (including phenoxy) is 1. The van der Waals surface area contributed by atoms with Gasteiger partial charge in [-0.1, -0.05) is 11.6 Å². The first-order valence-electron chi connectivity index (χ1n) is 5.94. The number of anilines is 1. The predicted molar refractivity (Wildman–Crippen MR) is 69.1 cm³/mol. The van der Waals surface area contributed by atoms with Crippen LogP contribution in [0.1, 0.15) is 22.3 Å². The van der Waals surface area contributed by atoms with E-state index >= 15 is 0 Å². The van der Waals surface area contributed by atoms with Crippen LogP contribution in [0.15, 0.2) is 18.2 Å². The molecule has 6 heteroatoms. The van der Waals surface area contributed by atoms with Gasteiger partial charge in [-0.2, -0.15) is 0 Å². The molecule has 1 aromatic rings. The molecular formula is C13H16N2O4. The van der Waals surface area contributed by atoms with Gasteiger partial charge in [0.2, 0.25) is 5.91 Å². The lowest BCUT2D eigenvalue weighted by molar-refractivity contribution is -0.121. The standard InChI is InChI=1S/C13H16N2O4/c1-8-2-3-10(9(6-8)11(16)17)15-12(18)13(14)4-5-19-7-13/h2-3,6H,4-5,7,14H2,1H3,(H,15,18)(H,16,17). The zero-order valence-electron chi connectivity index (χ0n) is 10.6. The summed E-state index contributed by atoms with van der Waals surface area (Å²) in [6, 6.07) is 4.80. The van der Waals surface area contributed by atoms with Gasteiger partial charge in [0.1, 0.15) is 5.54 Å². The third-order valence-electron chi connectivity index (χ3n) is 3.16. The van der Waals surface area contributed by atoms with Crippen molar-refractivity contribution in [2.45, 2.75) is 18.9 Å². The van der Waals surface area contributed by atoms with E-state index in [-0.39, 0.29) is 17.9 Å². The van der Waals surface area contributed by atoms with Gasteiger partial charge in [0.25, 0.3) is 0 Å². The first-order chi connectivity index (χ1) is 8.92. The fourth-order valence-corrected chi connectivity index (χ4v) is 1.95. The minimum atomic E-state index is -1.09. The average molecular weight is 264 g/mol. The number of nitrogens with two attached hydrogens (primary N) is 1. The maximum Gasteiger partial charge on any atom is 0.337 e. The molecule has 0 radical (unpaired) electrons. The molecule has 1 saturated heterocycles. The smallest absolute Gasteiger partial charge is 0.337 e. The fraction of sp³-hybridized carbons (Fsp3) is 0.385. The number of nitrogens with one attached hydrogen (secondary N) is 1. The van der Waals surface area contributed by atoms with Crippen molar-refractivity contribution in [1.82, 2.24) is 0 Å². The molecule has 1 aliphatic heterocycles. The van der Waals surface area contributed by atoms with Crippen LogP contribution in [0.25, 0.3) is 0 Å². The maximum absolute atomic E-state index is 12.1. The van der Waals surface area contributed by atoms with Gasteiger partial charge in [-0.05, 0) is 25.5 Å². The van der Waals surface area contributed by atoms with Crippen molar-refractivity contribution in [3.8, 4) is 0 Å². The number of carboxylic acid groups (broad SMARTS) is 1. The van der Waals surface area contributed by atoms with E-state index in [1.807, 2.05) is 0 Å². The van der Waals surface area contributed by atoms with Crippen LogP contribution in [0.3, 0.4) is 0 Å². The monoisotopic (exact) mass is 264 g/mol. The van der Waals surface area contributed by atoms with Gasteiger partial charge in [0.05, 0.1) is 17.9 Å². The van der Waals surface area contributed by atoms with E-state index in [0.717, 1.165) is 5.56 Å². The molecule has 4 N–H and O–H groups in total. The quantitative estimate of drug-likeness (QED) is 0.747. The van der Waals surface area contributed by atoms with Crippen LogP contribution in [-0.2, 0) is 9.53 Å². The molecule has 1 unspecified atom stereocenters. The van der Waals surface area contributed by atoms with E-state index in [1.165, 1.54) is 6.07 Å². The predicted octanol–water partition coefficient (Wildman–Crippen LogP) is 0.750. The minimum Gasteiger partial charge on any atom is -0.478 e. The zero-order chi connectivity index (χ0) is 14.0. The summed E-state index contributed by atoms with van der Waals surface area (Å²) in [6.45, 7) is 2.37. The van der Waals surface area contributed by atoms with E-state index in [1.54, 1.807) is 19.1 Å². The molecule has 19 heavy (non-hydrogen) atoms. The van der Waals surface area contributed by atoms with Gasteiger partial charge in [0.15, 0.2) is 0 Å². The number of hydrogen-bond donors (Lipinski definition) is 3. The van der Waals surface area contributed by atoms with Crippen LogP contribution in [0.5, 0.6) is 0 Å². The summed E-state index contributed by atoms with van der Waals surface area (Å²) in [7, 11) is 0. The van der Waals surface area contributed by atoms with Crippen LogP contribution in [0.2, 0.25) is 0 Å².